The van der Waals surface area contributed by atoms with Gasteiger partial charge in [-0.2, -0.15) is 0 Å². The molecule has 132 valence electrons. The highest BCUT2D eigenvalue weighted by molar-refractivity contribution is 5.78. The number of carbonyl (C=O) groups is 1. The Labute approximate surface area is 151 Å². The van der Waals surface area contributed by atoms with Crippen LogP contribution < -0.4 is 5.32 Å². The minimum atomic E-state index is 0.106. The van der Waals surface area contributed by atoms with Crippen LogP contribution in [-0.4, -0.2) is 23.4 Å². The second-order valence-corrected chi connectivity index (χ2v) is 7.29. The highest BCUT2D eigenvalue weighted by Gasteiger charge is 2.30. The molecule has 2 aromatic rings. The molecular weight excluding hydrogens is 308 g/mol. The molecule has 1 amide bonds. The van der Waals surface area contributed by atoms with E-state index in [4.69, 9.17) is 0 Å². The SMILES string of the molecule is CC(C)c1ccc(CN(CC(=O)NCc2ccccc2)C2CC2)cc1. The highest BCUT2D eigenvalue weighted by Crippen LogP contribution is 2.28. The first-order valence-electron chi connectivity index (χ1n) is 9.25. The molecule has 25 heavy (non-hydrogen) atoms. The van der Waals surface area contributed by atoms with Crippen molar-refractivity contribution in [3.63, 3.8) is 0 Å². The molecule has 3 nitrogen and oxygen atoms in total. The van der Waals surface area contributed by atoms with Gasteiger partial charge in [0, 0.05) is 19.1 Å². The van der Waals surface area contributed by atoms with Crippen molar-refractivity contribution in [3.8, 4) is 0 Å². The average Bonchev–Trinajstić information content (AvgIpc) is 3.46. The van der Waals surface area contributed by atoms with E-state index < -0.39 is 0 Å². The number of rotatable bonds is 8. The summed E-state index contributed by atoms with van der Waals surface area (Å²) in [6.45, 7) is 6.34. The first kappa shape index (κ1) is 17.7. The van der Waals surface area contributed by atoms with Gasteiger partial charge in [-0.1, -0.05) is 68.4 Å². The van der Waals surface area contributed by atoms with Crippen LogP contribution in [0, 0.1) is 0 Å². The summed E-state index contributed by atoms with van der Waals surface area (Å²) in [5.74, 6) is 0.659. The van der Waals surface area contributed by atoms with Gasteiger partial charge in [-0.15, -0.1) is 0 Å². The number of benzene rings is 2. The van der Waals surface area contributed by atoms with Gasteiger partial charge in [0.2, 0.25) is 5.91 Å². The molecule has 0 spiro atoms. The fourth-order valence-corrected chi connectivity index (χ4v) is 3.03. The molecule has 1 fully saturated rings. The Morgan fingerprint density at radius 2 is 1.72 bits per heavy atom. The van der Waals surface area contributed by atoms with Crippen molar-refractivity contribution in [3.05, 3.63) is 71.3 Å². The van der Waals surface area contributed by atoms with E-state index in [-0.39, 0.29) is 5.91 Å². The molecule has 0 saturated heterocycles. The molecule has 0 unspecified atom stereocenters. The number of amides is 1. The molecule has 0 aliphatic heterocycles. The summed E-state index contributed by atoms with van der Waals surface area (Å²) in [6, 6.07) is 19.4. The third-order valence-electron chi connectivity index (χ3n) is 4.77. The Hall–Kier alpha value is -2.13. The first-order chi connectivity index (χ1) is 12.1. The van der Waals surface area contributed by atoms with Gasteiger partial charge < -0.3 is 5.32 Å². The lowest BCUT2D eigenvalue weighted by atomic mass is 10.0. The summed E-state index contributed by atoms with van der Waals surface area (Å²) in [6.07, 6.45) is 2.41. The van der Waals surface area contributed by atoms with Crippen molar-refractivity contribution < 1.29 is 4.79 Å². The summed E-state index contributed by atoms with van der Waals surface area (Å²) >= 11 is 0. The smallest absolute Gasteiger partial charge is 0.234 e. The Bertz CT molecular complexity index is 675. The Kier molecular flexibility index (Phi) is 5.87. The van der Waals surface area contributed by atoms with E-state index in [0.29, 0.717) is 25.0 Å². The van der Waals surface area contributed by atoms with Crippen LogP contribution in [0.15, 0.2) is 54.6 Å². The van der Waals surface area contributed by atoms with E-state index in [2.05, 4.69) is 48.3 Å². The van der Waals surface area contributed by atoms with Crippen LogP contribution in [0.5, 0.6) is 0 Å². The second-order valence-electron chi connectivity index (χ2n) is 7.29. The lowest BCUT2D eigenvalue weighted by Crippen LogP contribution is -2.37. The topological polar surface area (TPSA) is 32.3 Å². The van der Waals surface area contributed by atoms with Crippen molar-refractivity contribution in [1.29, 1.82) is 0 Å². The Morgan fingerprint density at radius 3 is 2.32 bits per heavy atom. The zero-order valence-electron chi connectivity index (χ0n) is 15.2. The zero-order valence-corrected chi connectivity index (χ0v) is 15.2. The van der Waals surface area contributed by atoms with Gasteiger partial charge in [0.05, 0.1) is 6.54 Å². The Morgan fingerprint density at radius 1 is 1.04 bits per heavy atom. The lowest BCUT2D eigenvalue weighted by Gasteiger charge is -2.22. The predicted molar refractivity (Wildman–Crippen MR) is 102 cm³/mol. The molecule has 3 heteroatoms. The molecule has 2 aromatic carbocycles. The van der Waals surface area contributed by atoms with Crippen molar-refractivity contribution in [1.82, 2.24) is 10.2 Å². The van der Waals surface area contributed by atoms with E-state index >= 15 is 0 Å². The van der Waals surface area contributed by atoms with Gasteiger partial charge in [0.25, 0.3) is 0 Å². The van der Waals surface area contributed by atoms with Gasteiger partial charge in [-0.3, -0.25) is 9.69 Å². The van der Waals surface area contributed by atoms with Crippen LogP contribution >= 0.6 is 0 Å². The maximum atomic E-state index is 12.3. The fourth-order valence-electron chi connectivity index (χ4n) is 3.03. The van der Waals surface area contributed by atoms with Crippen LogP contribution in [0.4, 0.5) is 0 Å². The van der Waals surface area contributed by atoms with Crippen LogP contribution in [0.3, 0.4) is 0 Å². The second kappa shape index (κ2) is 8.30. The van der Waals surface area contributed by atoms with Crippen LogP contribution in [0.25, 0.3) is 0 Å². The van der Waals surface area contributed by atoms with E-state index in [9.17, 15) is 4.79 Å². The van der Waals surface area contributed by atoms with Gasteiger partial charge in [0.1, 0.15) is 0 Å². The maximum absolute atomic E-state index is 12.3. The quantitative estimate of drug-likeness (QED) is 0.787. The number of carbonyl (C=O) groups excluding carboxylic acids is 1. The summed E-state index contributed by atoms with van der Waals surface area (Å²) < 4.78 is 0. The van der Waals surface area contributed by atoms with Crippen molar-refractivity contribution in [2.24, 2.45) is 0 Å². The average molecular weight is 336 g/mol. The molecule has 1 aliphatic carbocycles. The Balaban J connectivity index is 1.53. The fraction of sp³-hybridized carbons (Fsp3) is 0.409. The molecule has 1 N–H and O–H groups in total. The molecule has 3 rings (SSSR count). The van der Waals surface area contributed by atoms with Crippen molar-refractivity contribution in [2.75, 3.05) is 6.54 Å². The molecule has 0 aromatic heterocycles. The number of hydrogen-bond donors (Lipinski definition) is 1. The van der Waals surface area contributed by atoms with Crippen molar-refractivity contribution >= 4 is 5.91 Å². The monoisotopic (exact) mass is 336 g/mol. The van der Waals surface area contributed by atoms with E-state index in [1.165, 1.54) is 24.0 Å². The molecule has 0 bridgehead atoms. The van der Waals surface area contributed by atoms with Gasteiger partial charge in [0.15, 0.2) is 0 Å². The maximum Gasteiger partial charge on any atom is 0.234 e. The van der Waals surface area contributed by atoms with E-state index in [1.54, 1.807) is 0 Å². The van der Waals surface area contributed by atoms with E-state index in [1.807, 2.05) is 30.3 Å². The molecule has 0 atom stereocenters. The van der Waals surface area contributed by atoms with Crippen LogP contribution in [-0.2, 0) is 17.9 Å². The number of hydrogen-bond acceptors (Lipinski definition) is 2. The lowest BCUT2D eigenvalue weighted by molar-refractivity contribution is -0.122. The third-order valence-corrected chi connectivity index (χ3v) is 4.77. The first-order valence-corrected chi connectivity index (χ1v) is 9.25. The molecule has 1 aliphatic rings. The molecule has 0 heterocycles. The highest BCUT2D eigenvalue weighted by atomic mass is 16.2. The largest absolute Gasteiger partial charge is 0.351 e. The summed E-state index contributed by atoms with van der Waals surface area (Å²) in [5.41, 5.74) is 3.78. The summed E-state index contributed by atoms with van der Waals surface area (Å²) in [5, 5.41) is 3.04. The van der Waals surface area contributed by atoms with E-state index in [0.717, 1.165) is 12.1 Å². The zero-order chi connectivity index (χ0) is 17.6. The van der Waals surface area contributed by atoms with Crippen molar-refractivity contribution in [2.45, 2.75) is 51.7 Å². The van der Waals surface area contributed by atoms with Crippen LogP contribution in [0.1, 0.15) is 49.3 Å². The molecular formula is C22H28N2O. The van der Waals surface area contributed by atoms with Crippen LogP contribution in [0.2, 0.25) is 0 Å². The summed E-state index contributed by atoms with van der Waals surface area (Å²) in [7, 11) is 0. The van der Waals surface area contributed by atoms with Gasteiger partial charge >= 0.3 is 0 Å². The normalized spacial score (nSPS) is 14.1. The van der Waals surface area contributed by atoms with Gasteiger partial charge in [-0.25, -0.2) is 0 Å². The summed E-state index contributed by atoms with van der Waals surface area (Å²) in [4.78, 5) is 14.7. The standard InChI is InChI=1S/C22H28N2O/c1-17(2)20-10-8-19(9-11-20)15-24(21-12-13-21)16-22(25)23-14-18-6-4-3-5-7-18/h3-11,17,21H,12-16H2,1-2H3,(H,23,25). The predicted octanol–water partition coefficient (Wildman–Crippen LogP) is 4.09. The third kappa shape index (κ3) is 5.43. The molecule has 1 saturated carbocycles. The minimum absolute atomic E-state index is 0.106. The number of nitrogens with zero attached hydrogens (tertiary/aromatic N) is 1. The molecule has 0 radical (unpaired) electrons. The number of nitrogens with one attached hydrogen (secondary N) is 1. The minimum Gasteiger partial charge on any atom is -0.351 e. The van der Waals surface area contributed by atoms with Gasteiger partial charge in [-0.05, 0) is 35.4 Å².